The fourth-order valence-electron chi connectivity index (χ4n) is 8.89. The van der Waals surface area contributed by atoms with Crippen LogP contribution in [0.5, 0.6) is 0 Å². The molecule has 0 N–H and O–H groups in total. The van der Waals surface area contributed by atoms with E-state index in [2.05, 4.69) is 191 Å². The molecule has 0 saturated carbocycles. The van der Waals surface area contributed by atoms with Crippen LogP contribution >= 0.6 is 0 Å². The average Bonchev–Trinajstić information content (AvgIpc) is 3.96. The summed E-state index contributed by atoms with van der Waals surface area (Å²) in [5.74, 6) is 0. The summed E-state index contributed by atoms with van der Waals surface area (Å²) in [6.45, 7) is 0. The number of benzene rings is 9. The van der Waals surface area contributed by atoms with Crippen LogP contribution in [0, 0.1) is 0 Å². The quantitative estimate of drug-likeness (QED) is 0.170. The number of anilines is 3. The molecular formula is C54H34N2O2. The monoisotopic (exact) mass is 742 g/mol. The van der Waals surface area contributed by atoms with Gasteiger partial charge in [0.05, 0.1) is 16.7 Å². The first-order valence-electron chi connectivity index (χ1n) is 19.7. The van der Waals surface area contributed by atoms with Crippen molar-refractivity contribution in [2.24, 2.45) is 0 Å². The first kappa shape index (κ1) is 32.4. The van der Waals surface area contributed by atoms with Crippen molar-refractivity contribution in [1.82, 2.24) is 4.57 Å². The van der Waals surface area contributed by atoms with E-state index in [0.717, 1.165) is 72.1 Å². The molecule has 3 aromatic heterocycles. The molecule has 9 aromatic carbocycles. The highest BCUT2D eigenvalue weighted by Crippen LogP contribution is 2.42. The maximum absolute atomic E-state index is 6.36. The van der Waals surface area contributed by atoms with E-state index in [-0.39, 0.29) is 0 Å². The van der Waals surface area contributed by atoms with Gasteiger partial charge in [-0.05, 0) is 83.4 Å². The van der Waals surface area contributed by atoms with Crippen molar-refractivity contribution in [2.45, 2.75) is 0 Å². The van der Waals surface area contributed by atoms with Crippen molar-refractivity contribution in [3.63, 3.8) is 0 Å². The first-order valence-corrected chi connectivity index (χ1v) is 19.7. The van der Waals surface area contributed by atoms with Crippen LogP contribution in [-0.2, 0) is 0 Å². The Balaban J connectivity index is 0.924. The molecule has 0 aliphatic carbocycles. The van der Waals surface area contributed by atoms with Crippen LogP contribution in [0.4, 0.5) is 17.1 Å². The Hall–Kier alpha value is -7.82. The second-order valence-electron chi connectivity index (χ2n) is 14.9. The predicted octanol–water partition coefficient (Wildman–Crippen LogP) is 15.4. The van der Waals surface area contributed by atoms with E-state index in [1.165, 1.54) is 38.6 Å². The molecule has 0 amide bonds. The summed E-state index contributed by atoms with van der Waals surface area (Å²) in [5.41, 5.74) is 14.7. The van der Waals surface area contributed by atoms with Gasteiger partial charge in [-0.25, -0.2) is 0 Å². The van der Waals surface area contributed by atoms with Crippen LogP contribution < -0.4 is 4.90 Å². The van der Waals surface area contributed by atoms with Gasteiger partial charge in [-0.15, -0.1) is 0 Å². The number of fused-ring (bicyclic) bond motifs is 9. The van der Waals surface area contributed by atoms with Crippen LogP contribution in [0.2, 0.25) is 0 Å². The average molecular weight is 743 g/mol. The smallest absolute Gasteiger partial charge is 0.137 e. The van der Waals surface area contributed by atoms with Crippen molar-refractivity contribution < 1.29 is 8.83 Å². The molecule has 0 aliphatic heterocycles. The second kappa shape index (κ2) is 12.9. The molecule has 0 spiro atoms. The highest BCUT2D eigenvalue weighted by molar-refractivity contribution is 6.10. The summed E-state index contributed by atoms with van der Waals surface area (Å²) in [4.78, 5) is 2.28. The molecule has 12 rings (SSSR count). The molecule has 0 aliphatic rings. The molecule has 4 heteroatoms. The van der Waals surface area contributed by atoms with Gasteiger partial charge in [-0.3, -0.25) is 0 Å². The Morgan fingerprint density at radius 3 is 1.29 bits per heavy atom. The number of furan rings is 2. The number of rotatable bonds is 6. The summed E-state index contributed by atoms with van der Waals surface area (Å²) in [6.07, 6.45) is 0. The molecule has 0 saturated heterocycles. The third-order valence-corrected chi connectivity index (χ3v) is 11.6. The van der Waals surface area contributed by atoms with Crippen LogP contribution in [-0.4, -0.2) is 4.57 Å². The van der Waals surface area contributed by atoms with Gasteiger partial charge in [0.15, 0.2) is 0 Å². The Morgan fingerprint density at radius 2 is 0.724 bits per heavy atom. The van der Waals surface area contributed by atoms with Gasteiger partial charge in [0.25, 0.3) is 0 Å². The lowest BCUT2D eigenvalue weighted by atomic mass is 9.98. The first-order chi connectivity index (χ1) is 28.7. The summed E-state index contributed by atoms with van der Waals surface area (Å²) in [7, 11) is 0. The zero-order valence-corrected chi connectivity index (χ0v) is 31.3. The fourth-order valence-corrected chi connectivity index (χ4v) is 8.89. The molecule has 12 aromatic rings. The highest BCUT2D eigenvalue weighted by Gasteiger charge is 2.19. The maximum atomic E-state index is 6.36. The van der Waals surface area contributed by atoms with E-state index < -0.39 is 0 Å². The van der Waals surface area contributed by atoms with Gasteiger partial charge in [0.2, 0.25) is 0 Å². The lowest BCUT2D eigenvalue weighted by molar-refractivity contribution is 0.669. The maximum Gasteiger partial charge on any atom is 0.137 e. The topological polar surface area (TPSA) is 34.5 Å². The van der Waals surface area contributed by atoms with Crippen LogP contribution in [0.25, 0.3) is 93.6 Å². The van der Waals surface area contributed by atoms with E-state index in [0.29, 0.717) is 0 Å². The van der Waals surface area contributed by atoms with Crippen LogP contribution in [0.1, 0.15) is 0 Å². The van der Waals surface area contributed by atoms with Gasteiger partial charge < -0.3 is 18.3 Å². The molecule has 3 heterocycles. The minimum atomic E-state index is 0.852. The largest absolute Gasteiger partial charge is 0.456 e. The van der Waals surface area contributed by atoms with Crippen molar-refractivity contribution in [1.29, 1.82) is 0 Å². The van der Waals surface area contributed by atoms with Crippen molar-refractivity contribution >= 4 is 82.7 Å². The zero-order valence-electron chi connectivity index (χ0n) is 31.3. The SMILES string of the molecule is c1ccc(-n2c3ccccc3c3ccccc32)c(-c2ccc(-c3ccc(N(c4ccc5c(c4)oc4ccccc45)c4ccc5c(c4)oc4ccccc45)cc3)cc2)c1. The molecule has 0 bridgehead atoms. The minimum absolute atomic E-state index is 0.852. The number of aromatic nitrogens is 1. The third kappa shape index (κ3) is 5.09. The summed E-state index contributed by atoms with van der Waals surface area (Å²) < 4.78 is 15.1. The molecule has 0 unspecified atom stereocenters. The van der Waals surface area contributed by atoms with Gasteiger partial charge in [0.1, 0.15) is 22.3 Å². The van der Waals surface area contributed by atoms with E-state index >= 15 is 0 Å². The predicted molar refractivity (Wildman–Crippen MR) is 241 cm³/mol. The van der Waals surface area contributed by atoms with E-state index in [9.17, 15) is 0 Å². The summed E-state index contributed by atoms with van der Waals surface area (Å²) in [6, 6.07) is 73.2. The second-order valence-corrected chi connectivity index (χ2v) is 14.9. The fraction of sp³-hybridized carbons (Fsp3) is 0. The minimum Gasteiger partial charge on any atom is -0.456 e. The lowest BCUT2D eigenvalue weighted by Gasteiger charge is -2.25. The van der Waals surface area contributed by atoms with Gasteiger partial charge >= 0.3 is 0 Å². The zero-order chi connectivity index (χ0) is 38.2. The molecule has 0 fully saturated rings. The Morgan fingerprint density at radius 1 is 0.310 bits per heavy atom. The Bertz CT molecular complexity index is 3350. The van der Waals surface area contributed by atoms with Crippen molar-refractivity contribution in [3.8, 4) is 27.9 Å². The molecular weight excluding hydrogens is 709 g/mol. The van der Waals surface area contributed by atoms with E-state index in [1.807, 2.05) is 24.3 Å². The third-order valence-electron chi connectivity index (χ3n) is 11.6. The number of hydrogen-bond donors (Lipinski definition) is 0. The normalized spacial score (nSPS) is 11.8. The van der Waals surface area contributed by atoms with Crippen molar-refractivity contribution in [3.05, 3.63) is 206 Å². The standard InChI is InChI=1S/C54H34N2O2/c1-6-16-48(56-49-17-7-2-12-42(49)43-13-3-8-18-50(43)56)41(11-1)37-23-21-35(22-24-37)36-25-27-38(28-26-36)55(39-29-31-46-44-14-4-9-19-51(44)57-53(46)33-39)40-30-32-47-45-15-5-10-20-52(45)58-54(47)34-40/h1-34H. The number of para-hydroxylation sites is 5. The molecule has 58 heavy (non-hydrogen) atoms. The molecule has 4 nitrogen and oxygen atoms in total. The highest BCUT2D eigenvalue weighted by atomic mass is 16.3. The summed E-state index contributed by atoms with van der Waals surface area (Å²) in [5, 5.41) is 6.95. The van der Waals surface area contributed by atoms with Gasteiger partial charge in [-0.2, -0.15) is 0 Å². The number of nitrogens with zero attached hydrogens (tertiary/aromatic N) is 2. The number of hydrogen-bond acceptors (Lipinski definition) is 3. The van der Waals surface area contributed by atoms with Gasteiger partial charge in [-0.1, -0.05) is 127 Å². The van der Waals surface area contributed by atoms with Crippen LogP contribution in [0.15, 0.2) is 215 Å². The molecule has 272 valence electrons. The lowest BCUT2D eigenvalue weighted by Crippen LogP contribution is -2.09. The van der Waals surface area contributed by atoms with Crippen molar-refractivity contribution in [2.75, 3.05) is 4.90 Å². The molecule has 0 atom stereocenters. The summed E-state index contributed by atoms with van der Waals surface area (Å²) >= 11 is 0. The van der Waals surface area contributed by atoms with Crippen LogP contribution in [0.3, 0.4) is 0 Å². The Labute approximate surface area is 334 Å². The van der Waals surface area contributed by atoms with E-state index in [1.54, 1.807) is 0 Å². The van der Waals surface area contributed by atoms with Gasteiger partial charge in [0, 0.05) is 67.1 Å². The molecule has 0 radical (unpaired) electrons. The van der Waals surface area contributed by atoms with E-state index in [4.69, 9.17) is 8.83 Å². The Kier molecular flexibility index (Phi) is 7.20.